The molecule has 0 spiro atoms. The van der Waals surface area contributed by atoms with Crippen molar-refractivity contribution in [2.45, 2.75) is 76.4 Å². The number of thioether (sulfide) groups is 1. The number of cyclic esters (lactones) is 1. The number of ketones is 1. The van der Waals surface area contributed by atoms with E-state index in [4.69, 9.17) is 14.5 Å². The molecular formula is C40H47N3O7S. The van der Waals surface area contributed by atoms with Gasteiger partial charge < -0.3 is 29.6 Å². The highest BCUT2D eigenvalue weighted by Crippen LogP contribution is 2.44. The van der Waals surface area contributed by atoms with Crippen molar-refractivity contribution in [2.24, 2.45) is 7.05 Å². The molecule has 3 aromatic carbocycles. The number of aryl methyl sites for hydroxylation is 1. The van der Waals surface area contributed by atoms with E-state index in [1.165, 1.54) is 6.07 Å². The fourth-order valence-corrected chi connectivity index (χ4v) is 7.13. The molecule has 10 nitrogen and oxygen atoms in total. The maximum Gasteiger partial charge on any atom is 0.342 e. The Morgan fingerprint density at radius 3 is 2.59 bits per heavy atom. The molecule has 1 aliphatic heterocycles. The van der Waals surface area contributed by atoms with Crippen LogP contribution in [0.2, 0.25) is 0 Å². The van der Waals surface area contributed by atoms with Gasteiger partial charge in [0.15, 0.2) is 0 Å². The summed E-state index contributed by atoms with van der Waals surface area (Å²) in [4.78, 5) is 44.9. The van der Waals surface area contributed by atoms with Gasteiger partial charge >= 0.3 is 5.97 Å². The van der Waals surface area contributed by atoms with Crippen molar-refractivity contribution >= 4 is 46.5 Å². The number of rotatable bonds is 10. The number of phenolic OH excluding ortho intramolecular Hbond substituents is 2. The number of hydrogen-bond acceptors (Lipinski definition) is 9. The fraction of sp³-hybridized carbons (Fsp3) is 0.400. The molecular weight excluding hydrogens is 667 g/mol. The van der Waals surface area contributed by atoms with Crippen LogP contribution in [0.3, 0.4) is 0 Å². The number of methoxy groups -OCH3 is 1. The standard InChI is InChI=1S/C40H47N3O7S/c1-25-11-10-14-28(44)13-7-5-6-12-27-23-34(45)37(38(47)36(27)40(48)50-25)30(26-17-19-29(49-3)20-18-26)24-35(46)41-32(21-22-51-4)39-42-31-15-8-9-16-33(31)43(39)2/h6,8-9,12,15-20,23,25,30,32,45,47H,5,7,10-11,13-14,21-22,24H2,1-4H3,(H,41,46)/b12-6+/t25-,30?,32-/m0/s1. The number of ether oxygens (including phenoxy) is 2. The molecule has 3 atom stereocenters. The van der Waals surface area contributed by atoms with Crippen LogP contribution in [0.15, 0.2) is 60.7 Å². The van der Waals surface area contributed by atoms with Crippen molar-refractivity contribution in [2.75, 3.05) is 19.1 Å². The Labute approximate surface area is 303 Å². The minimum absolute atomic E-state index is 0.0437. The van der Waals surface area contributed by atoms with Gasteiger partial charge in [0, 0.05) is 37.8 Å². The Bertz CT molecular complexity index is 1890. The van der Waals surface area contributed by atoms with Gasteiger partial charge in [-0.25, -0.2) is 9.78 Å². The van der Waals surface area contributed by atoms with Crippen LogP contribution < -0.4 is 10.1 Å². The minimum Gasteiger partial charge on any atom is -0.507 e. The normalized spacial score (nSPS) is 17.5. The lowest BCUT2D eigenvalue weighted by atomic mass is 9.84. The highest BCUT2D eigenvalue weighted by molar-refractivity contribution is 7.98. The summed E-state index contributed by atoms with van der Waals surface area (Å²) in [6.45, 7) is 1.75. The first-order valence-corrected chi connectivity index (χ1v) is 18.8. The summed E-state index contributed by atoms with van der Waals surface area (Å²) >= 11 is 1.67. The largest absolute Gasteiger partial charge is 0.507 e. The number of allylic oxidation sites excluding steroid dienone is 1. The first kappa shape index (κ1) is 37.5. The van der Waals surface area contributed by atoms with E-state index in [0.29, 0.717) is 56.3 Å². The fourth-order valence-electron chi connectivity index (χ4n) is 6.66. The van der Waals surface area contributed by atoms with E-state index in [1.807, 2.05) is 48.2 Å². The van der Waals surface area contributed by atoms with E-state index in [-0.39, 0.29) is 40.6 Å². The Kier molecular flexibility index (Phi) is 12.8. The molecule has 0 saturated heterocycles. The summed E-state index contributed by atoms with van der Waals surface area (Å²) in [7, 11) is 3.49. The van der Waals surface area contributed by atoms with Gasteiger partial charge in [0.2, 0.25) is 5.91 Å². The number of benzene rings is 3. The molecule has 5 rings (SSSR count). The summed E-state index contributed by atoms with van der Waals surface area (Å²) in [5, 5.41) is 26.7. The number of fused-ring (bicyclic) bond motifs is 2. The highest BCUT2D eigenvalue weighted by Gasteiger charge is 2.32. The predicted octanol–water partition coefficient (Wildman–Crippen LogP) is 7.61. The topological polar surface area (TPSA) is 140 Å². The van der Waals surface area contributed by atoms with E-state index in [9.17, 15) is 24.6 Å². The molecule has 1 unspecified atom stereocenters. The van der Waals surface area contributed by atoms with Gasteiger partial charge in [0.1, 0.15) is 34.4 Å². The molecule has 0 bridgehead atoms. The number of para-hydroxylation sites is 2. The maximum absolute atomic E-state index is 14.1. The number of imidazole rings is 1. The monoisotopic (exact) mass is 713 g/mol. The summed E-state index contributed by atoms with van der Waals surface area (Å²) in [5.41, 5.74) is 2.65. The lowest BCUT2D eigenvalue weighted by Crippen LogP contribution is -2.32. The Balaban J connectivity index is 1.55. The lowest BCUT2D eigenvalue weighted by Gasteiger charge is -2.24. The molecule has 0 radical (unpaired) electrons. The van der Waals surface area contributed by atoms with Crippen LogP contribution in [0.25, 0.3) is 17.1 Å². The maximum atomic E-state index is 14.1. The van der Waals surface area contributed by atoms with Crippen molar-refractivity contribution in [3.05, 3.63) is 88.8 Å². The van der Waals surface area contributed by atoms with Crippen LogP contribution in [0.1, 0.15) is 103 Å². The summed E-state index contributed by atoms with van der Waals surface area (Å²) in [6.07, 6.45) is 8.66. The number of nitrogens with one attached hydrogen (secondary N) is 1. The summed E-state index contributed by atoms with van der Waals surface area (Å²) in [6, 6.07) is 15.9. The van der Waals surface area contributed by atoms with Crippen LogP contribution in [-0.4, -0.2) is 62.6 Å². The second kappa shape index (κ2) is 17.4. The minimum atomic E-state index is -0.851. The molecule has 0 fully saturated rings. The summed E-state index contributed by atoms with van der Waals surface area (Å²) in [5.74, 6) is -0.347. The van der Waals surface area contributed by atoms with Crippen molar-refractivity contribution in [3.8, 4) is 17.2 Å². The molecule has 1 amide bonds. The predicted molar refractivity (Wildman–Crippen MR) is 200 cm³/mol. The van der Waals surface area contributed by atoms with Gasteiger partial charge in [-0.3, -0.25) is 9.59 Å². The Hall–Kier alpha value is -4.77. The van der Waals surface area contributed by atoms with Gasteiger partial charge in [-0.1, -0.05) is 36.4 Å². The van der Waals surface area contributed by atoms with Crippen molar-refractivity contribution in [1.29, 1.82) is 0 Å². The first-order chi connectivity index (χ1) is 24.6. The quantitative estimate of drug-likeness (QED) is 0.142. The number of Topliss-reactive ketones (excluding diaryl/α,β-unsaturated/α-hetero) is 1. The average Bonchev–Trinajstić information content (AvgIpc) is 3.44. The van der Waals surface area contributed by atoms with E-state index in [1.54, 1.807) is 56.1 Å². The number of aromatic nitrogens is 2. The second-order valence-electron chi connectivity index (χ2n) is 13.0. The Morgan fingerprint density at radius 1 is 1.12 bits per heavy atom. The number of hydrogen-bond donors (Lipinski definition) is 3. The first-order valence-electron chi connectivity index (χ1n) is 17.4. The van der Waals surface area contributed by atoms with Crippen LogP contribution >= 0.6 is 11.8 Å². The van der Waals surface area contributed by atoms with Crippen LogP contribution in [0, 0.1) is 0 Å². The van der Waals surface area contributed by atoms with E-state index >= 15 is 0 Å². The van der Waals surface area contributed by atoms with E-state index in [0.717, 1.165) is 22.6 Å². The van der Waals surface area contributed by atoms with Crippen LogP contribution in [0.5, 0.6) is 17.2 Å². The molecule has 0 aliphatic carbocycles. The van der Waals surface area contributed by atoms with Crippen molar-refractivity contribution in [1.82, 2.24) is 14.9 Å². The second-order valence-corrected chi connectivity index (χ2v) is 14.0. The van der Waals surface area contributed by atoms with E-state index < -0.39 is 29.8 Å². The van der Waals surface area contributed by atoms with Gasteiger partial charge in [-0.15, -0.1) is 0 Å². The number of esters is 1. The molecule has 51 heavy (non-hydrogen) atoms. The number of carbonyl (C=O) groups excluding carboxylic acids is 3. The molecule has 4 aromatic rings. The van der Waals surface area contributed by atoms with Crippen molar-refractivity contribution < 1.29 is 34.1 Å². The van der Waals surface area contributed by atoms with Crippen molar-refractivity contribution in [3.63, 3.8) is 0 Å². The van der Waals surface area contributed by atoms with Gasteiger partial charge in [0.25, 0.3) is 0 Å². The molecule has 1 aromatic heterocycles. The Morgan fingerprint density at radius 2 is 1.86 bits per heavy atom. The smallest absolute Gasteiger partial charge is 0.342 e. The molecule has 3 N–H and O–H groups in total. The average molecular weight is 714 g/mol. The summed E-state index contributed by atoms with van der Waals surface area (Å²) < 4.78 is 13.1. The zero-order valence-electron chi connectivity index (χ0n) is 29.7. The zero-order chi connectivity index (χ0) is 36.5. The number of amides is 1. The van der Waals surface area contributed by atoms with Gasteiger partial charge in [0.05, 0.1) is 30.3 Å². The third-order valence-electron chi connectivity index (χ3n) is 9.39. The van der Waals surface area contributed by atoms with Crippen LogP contribution in [-0.2, 0) is 21.4 Å². The van der Waals surface area contributed by atoms with Gasteiger partial charge in [-0.2, -0.15) is 11.8 Å². The molecule has 0 saturated carbocycles. The number of aromatic hydroxyl groups is 2. The SMILES string of the molecule is COc1ccc(C(CC(=O)N[C@@H](CCSC)c2nc3ccccc3n2C)c2c(O)cc3c(c2O)C(=O)O[C@@H](C)CCCC(=O)CCC/C=C/3)cc1. The third kappa shape index (κ3) is 9.13. The number of phenols is 2. The molecule has 1 aliphatic rings. The lowest BCUT2D eigenvalue weighted by molar-refractivity contribution is -0.122. The third-order valence-corrected chi connectivity index (χ3v) is 10.0. The van der Waals surface area contributed by atoms with E-state index in [2.05, 4.69) is 5.32 Å². The molecule has 2 heterocycles. The van der Waals surface area contributed by atoms with Gasteiger partial charge in [-0.05, 0) is 92.5 Å². The van der Waals surface area contributed by atoms with Crippen LogP contribution in [0.4, 0.5) is 0 Å². The highest BCUT2D eigenvalue weighted by atomic mass is 32.2. The number of nitrogens with zero attached hydrogens (tertiary/aromatic N) is 2. The zero-order valence-corrected chi connectivity index (χ0v) is 30.5. The molecule has 11 heteroatoms. The molecule has 270 valence electrons. The number of carbonyl (C=O) groups is 3.